The van der Waals surface area contributed by atoms with Crippen LogP contribution in [-0.2, 0) is 34.0 Å². The van der Waals surface area contributed by atoms with Crippen LogP contribution in [0.15, 0.2) is 85.0 Å². The van der Waals surface area contributed by atoms with Crippen LogP contribution in [0.3, 0.4) is 0 Å². The van der Waals surface area contributed by atoms with Gasteiger partial charge in [0.2, 0.25) is 0 Å². The maximum Gasteiger partial charge on any atom is 0.333 e. The lowest BCUT2D eigenvalue weighted by Gasteiger charge is -2.38. The Labute approximate surface area is 195 Å². The molecular weight excluding hydrogens is 420 g/mol. The van der Waals surface area contributed by atoms with Gasteiger partial charge in [-0.1, -0.05) is 73.8 Å². The number of hydrogen-bond acceptors (Lipinski definition) is 6. The predicted octanol–water partition coefficient (Wildman–Crippen LogP) is 4.59. The molecule has 0 radical (unpaired) electrons. The second kappa shape index (κ2) is 12.7. The molecule has 0 aliphatic carbocycles. The predicted molar refractivity (Wildman–Crippen MR) is 127 cm³/mol. The Morgan fingerprint density at radius 2 is 1.09 bits per heavy atom. The van der Waals surface area contributed by atoms with Gasteiger partial charge in [0.05, 0.1) is 18.6 Å². The van der Waals surface area contributed by atoms with Crippen LogP contribution in [0, 0.1) is 0 Å². The molecule has 0 unspecified atom stereocenters. The Hall–Kier alpha value is -3.22. The summed E-state index contributed by atoms with van der Waals surface area (Å²) in [7, 11) is 0. The Morgan fingerprint density at radius 3 is 1.42 bits per heavy atom. The van der Waals surface area contributed by atoms with Gasteiger partial charge in [0.1, 0.15) is 13.2 Å². The summed E-state index contributed by atoms with van der Waals surface area (Å²) in [6.07, 6.45) is -0.755. The Kier molecular flexibility index (Phi) is 10.0. The zero-order valence-corrected chi connectivity index (χ0v) is 19.5. The van der Waals surface area contributed by atoms with Gasteiger partial charge in [-0.25, -0.2) is 9.59 Å². The summed E-state index contributed by atoms with van der Waals surface area (Å²) in [6, 6.07) is 19.7. The third-order valence-electron chi connectivity index (χ3n) is 5.09. The van der Waals surface area contributed by atoms with Gasteiger partial charge < -0.3 is 18.9 Å². The van der Waals surface area contributed by atoms with E-state index in [0.29, 0.717) is 11.1 Å². The first kappa shape index (κ1) is 26.0. The second-order valence-corrected chi connectivity index (χ2v) is 7.84. The molecule has 2 aromatic rings. The number of ether oxygens (including phenoxy) is 4. The molecule has 6 nitrogen and oxygen atoms in total. The number of hydrogen-bond donors (Lipinski definition) is 0. The molecule has 6 heteroatoms. The summed E-state index contributed by atoms with van der Waals surface area (Å²) in [6.45, 7) is 12.7. The average Bonchev–Trinajstić information content (AvgIpc) is 2.83. The molecule has 0 heterocycles. The van der Waals surface area contributed by atoms with E-state index in [-0.39, 0.29) is 26.4 Å². The van der Waals surface area contributed by atoms with Crippen molar-refractivity contribution in [2.45, 2.75) is 32.5 Å². The molecule has 0 aliphatic rings. The van der Waals surface area contributed by atoms with E-state index in [2.05, 4.69) is 13.2 Å². The van der Waals surface area contributed by atoms with E-state index >= 15 is 0 Å². The Bertz CT molecular complexity index is 862. The summed E-state index contributed by atoms with van der Waals surface area (Å²) >= 11 is 0. The number of rotatable bonds is 13. The summed E-state index contributed by atoms with van der Waals surface area (Å²) in [5.74, 6) is -0.951. The van der Waals surface area contributed by atoms with Crippen LogP contribution < -0.4 is 0 Å². The van der Waals surface area contributed by atoms with Crippen molar-refractivity contribution >= 4 is 11.9 Å². The van der Waals surface area contributed by atoms with Crippen LogP contribution in [0.5, 0.6) is 0 Å². The van der Waals surface area contributed by atoms with Gasteiger partial charge in [-0.2, -0.15) is 0 Å². The fourth-order valence-electron chi connectivity index (χ4n) is 3.21. The zero-order chi connectivity index (χ0) is 24.3. The fourth-order valence-corrected chi connectivity index (χ4v) is 3.21. The van der Waals surface area contributed by atoms with Crippen LogP contribution in [-0.4, -0.2) is 44.7 Å². The van der Waals surface area contributed by atoms with Crippen LogP contribution in [0.25, 0.3) is 0 Å². The van der Waals surface area contributed by atoms with Crippen molar-refractivity contribution in [3.63, 3.8) is 0 Å². The summed E-state index contributed by atoms with van der Waals surface area (Å²) < 4.78 is 22.6. The molecule has 2 rings (SSSR count). The quantitative estimate of drug-likeness (QED) is 0.192. The fraction of sp³-hybridized carbons (Fsp3) is 0.333. The standard InChI is InChI=1S/C27H32O6/c1-20(2)24(28)30-16-18-32-26(33-19-17-31-25(29)21(3)4)27(5,22-12-8-6-9-13-22)23-14-10-7-11-15-23/h6-15,26H,1,3,16-19H2,2,4-5H3. The molecule has 2 aromatic carbocycles. The molecule has 0 atom stereocenters. The maximum absolute atomic E-state index is 11.7. The largest absolute Gasteiger partial charge is 0.460 e. The summed E-state index contributed by atoms with van der Waals surface area (Å²) in [5.41, 5.74) is 1.92. The molecule has 0 amide bonds. The highest BCUT2D eigenvalue weighted by Gasteiger charge is 2.39. The Morgan fingerprint density at radius 1 is 0.727 bits per heavy atom. The van der Waals surface area contributed by atoms with Crippen LogP contribution in [0.1, 0.15) is 31.9 Å². The molecule has 0 aromatic heterocycles. The number of carbonyl (C=O) groups is 2. The highest BCUT2D eigenvalue weighted by Crippen LogP contribution is 2.37. The van der Waals surface area contributed by atoms with E-state index in [9.17, 15) is 9.59 Å². The molecule has 0 aliphatic heterocycles. The normalized spacial score (nSPS) is 11.2. The SMILES string of the molecule is C=C(C)C(=O)OCCOC(OCCOC(=O)C(=C)C)C(C)(c1ccccc1)c1ccccc1. The molecule has 0 N–H and O–H groups in total. The van der Waals surface area contributed by atoms with Gasteiger partial charge in [-0.15, -0.1) is 0 Å². The monoisotopic (exact) mass is 452 g/mol. The van der Waals surface area contributed by atoms with Crippen molar-refractivity contribution in [1.82, 2.24) is 0 Å². The van der Waals surface area contributed by atoms with Crippen molar-refractivity contribution in [3.05, 3.63) is 96.1 Å². The van der Waals surface area contributed by atoms with Gasteiger partial charge in [-0.05, 0) is 31.9 Å². The molecule has 0 fully saturated rings. The topological polar surface area (TPSA) is 71.1 Å². The number of esters is 2. The first-order valence-electron chi connectivity index (χ1n) is 10.8. The Balaban J connectivity index is 2.24. The minimum Gasteiger partial charge on any atom is -0.460 e. The maximum atomic E-state index is 11.7. The summed E-state index contributed by atoms with van der Waals surface area (Å²) in [4.78, 5) is 23.4. The smallest absolute Gasteiger partial charge is 0.333 e. The van der Waals surface area contributed by atoms with Crippen LogP contribution in [0.2, 0.25) is 0 Å². The van der Waals surface area contributed by atoms with Crippen molar-refractivity contribution in [3.8, 4) is 0 Å². The lowest BCUT2D eigenvalue weighted by atomic mass is 9.75. The molecule has 0 saturated carbocycles. The molecule has 176 valence electrons. The number of carbonyl (C=O) groups excluding carboxylic acids is 2. The van der Waals surface area contributed by atoms with Gasteiger partial charge in [0, 0.05) is 11.1 Å². The third kappa shape index (κ3) is 7.41. The van der Waals surface area contributed by atoms with E-state index in [1.165, 1.54) is 0 Å². The lowest BCUT2D eigenvalue weighted by Crippen LogP contribution is -2.43. The van der Waals surface area contributed by atoms with Crippen molar-refractivity contribution in [2.75, 3.05) is 26.4 Å². The minimum atomic E-state index is -0.755. The van der Waals surface area contributed by atoms with Gasteiger partial charge in [-0.3, -0.25) is 0 Å². The van der Waals surface area contributed by atoms with E-state index in [4.69, 9.17) is 18.9 Å². The number of benzene rings is 2. The first-order chi connectivity index (χ1) is 15.8. The van der Waals surface area contributed by atoms with Crippen molar-refractivity contribution in [1.29, 1.82) is 0 Å². The molecule has 0 bridgehead atoms. The van der Waals surface area contributed by atoms with Gasteiger partial charge in [0.15, 0.2) is 6.29 Å². The highest BCUT2D eigenvalue weighted by molar-refractivity contribution is 5.87. The average molecular weight is 453 g/mol. The summed E-state index contributed by atoms with van der Waals surface area (Å²) in [5, 5.41) is 0. The first-order valence-corrected chi connectivity index (χ1v) is 10.8. The second-order valence-electron chi connectivity index (χ2n) is 7.84. The van der Waals surface area contributed by atoms with Gasteiger partial charge >= 0.3 is 11.9 Å². The minimum absolute atomic E-state index is 0.0514. The third-order valence-corrected chi connectivity index (χ3v) is 5.09. The zero-order valence-electron chi connectivity index (χ0n) is 19.5. The van der Waals surface area contributed by atoms with Gasteiger partial charge in [0.25, 0.3) is 0 Å². The van der Waals surface area contributed by atoms with Crippen LogP contribution >= 0.6 is 0 Å². The van der Waals surface area contributed by atoms with Crippen molar-refractivity contribution < 1.29 is 28.5 Å². The molecule has 0 saturated heterocycles. The lowest BCUT2D eigenvalue weighted by molar-refractivity contribution is -0.186. The molecule has 0 spiro atoms. The van der Waals surface area contributed by atoms with E-state index < -0.39 is 23.6 Å². The molecule has 33 heavy (non-hydrogen) atoms. The van der Waals surface area contributed by atoms with E-state index in [1.54, 1.807) is 13.8 Å². The van der Waals surface area contributed by atoms with E-state index in [1.807, 2.05) is 67.6 Å². The van der Waals surface area contributed by atoms with E-state index in [0.717, 1.165) is 11.1 Å². The molecular formula is C27H32O6. The highest BCUT2D eigenvalue weighted by atomic mass is 16.7. The van der Waals surface area contributed by atoms with Crippen molar-refractivity contribution in [2.24, 2.45) is 0 Å². The van der Waals surface area contributed by atoms with Crippen LogP contribution in [0.4, 0.5) is 0 Å².